The zero-order valence-electron chi connectivity index (χ0n) is 45.3. The van der Waals surface area contributed by atoms with Gasteiger partial charge in [0, 0.05) is 60.1 Å². The number of benzene rings is 1. The number of carboxylic acid groups (broad SMARTS) is 3. The lowest BCUT2D eigenvalue weighted by molar-refractivity contribution is -0.143. The number of hydrogen-bond donors (Lipinski definition) is 19. The number of amides is 9. The fourth-order valence-electron chi connectivity index (χ4n) is 7.98. The molecule has 0 bridgehead atoms. The normalized spacial score (nSPS) is 14.9. The smallest absolute Gasteiger partial charge is 0.326 e. The third-order valence-electron chi connectivity index (χ3n) is 12.7. The molecule has 0 fully saturated rings. The molecule has 3 aromatic heterocycles. The molecule has 33 nitrogen and oxygen atoms in total. The highest BCUT2D eigenvalue weighted by Gasteiger charge is 2.37. The van der Waals surface area contributed by atoms with Gasteiger partial charge >= 0.3 is 17.9 Å². The number of H-pyrrole nitrogens is 3. The lowest BCUT2D eigenvalue weighted by Gasteiger charge is -2.27. The molecule has 9 amide bonds. The number of carboxylic acids is 3. The number of aliphatic hydroxyl groups excluding tert-OH is 3. The Hall–Kier alpha value is -9.34. The first-order valence-electron chi connectivity index (χ1n) is 25.7. The van der Waals surface area contributed by atoms with Crippen molar-refractivity contribution in [2.24, 2.45) is 17.6 Å². The maximum atomic E-state index is 14.0. The van der Waals surface area contributed by atoms with E-state index in [4.69, 9.17) is 5.73 Å². The molecule has 0 unspecified atom stereocenters. The van der Waals surface area contributed by atoms with Crippen molar-refractivity contribution in [3.8, 4) is 0 Å². The van der Waals surface area contributed by atoms with Gasteiger partial charge in [-0.15, -0.1) is 0 Å². The minimum Gasteiger partial charge on any atom is -0.481 e. The van der Waals surface area contributed by atoms with Crippen molar-refractivity contribution >= 4 is 82.0 Å². The van der Waals surface area contributed by atoms with Crippen LogP contribution < -0.4 is 53.6 Å². The van der Waals surface area contributed by atoms with Gasteiger partial charge < -0.3 is 99.2 Å². The third kappa shape index (κ3) is 20.0. The number of para-hydroxylation sites is 1. The average Bonchev–Trinajstić information content (AvgIpc) is 4.48. The second-order valence-corrected chi connectivity index (χ2v) is 19.7. The van der Waals surface area contributed by atoms with Crippen LogP contribution in [0.3, 0.4) is 0 Å². The van der Waals surface area contributed by atoms with Crippen LogP contribution in [0, 0.1) is 11.8 Å². The molecule has 452 valence electrons. The summed E-state index contributed by atoms with van der Waals surface area (Å²) in [5, 5.41) is 80.3. The van der Waals surface area contributed by atoms with Gasteiger partial charge in [0.05, 0.1) is 51.4 Å². The molecule has 3 heterocycles. The van der Waals surface area contributed by atoms with Gasteiger partial charge in [-0.2, -0.15) is 0 Å². The van der Waals surface area contributed by atoms with Crippen LogP contribution in [0.15, 0.2) is 55.5 Å². The second-order valence-electron chi connectivity index (χ2n) is 19.7. The van der Waals surface area contributed by atoms with Gasteiger partial charge in [0.1, 0.15) is 54.4 Å². The Balaban J connectivity index is 1.47. The lowest BCUT2D eigenvalue weighted by Crippen LogP contribution is -2.62. The van der Waals surface area contributed by atoms with Crippen molar-refractivity contribution in [3.05, 3.63) is 72.5 Å². The van der Waals surface area contributed by atoms with E-state index in [9.17, 15) is 88.2 Å². The van der Waals surface area contributed by atoms with E-state index >= 15 is 0 Å². The maximum Gasteiger partial charge on any atom is 0.326 e. The number of aliphatic carboxylic acids is 3. The predicted octanol–water partition coefficient (Wildman–Crippen LogP) is -6.34. The topological polar surface area (TPSA) is 534 Å². The molecule has 0 radical (unpaired) electrons. The van der Waals surface area contributed by atoms with Crippen LogP contribution in [0.5, 0.6) is 0 Å². The number of imidazole rings is 2. The first kappa shape index (κ1) is 66.2. The van der Waals surface area contributed by atoms with Gasteiger partial charge in [-0.25, -0.2) is 14.8 Å². The van der Waals surface area contributed by atoms with E-state index in [0.29, 0.717) is 22.2 Å². The van der Waals surface area contributed by atoms with E-state index in [1.807, 2.05) is 21.3 Å². The molecule has 0 aliphatic rings. The summed E-state index contributed by atoms with van der Waals surface area (Å²) >= 11 is 0. The molecule has 0 aliphatic heterocycles. The van der Waals surface area contributed by atoms with Crippen molar-refractivity contribution in [3.63, 3.8) is 0 Å². The molecule has 1 aromatic carbocycles. The molecule has 4 rings (SSSR count). The zero-order valence-corrected chi connectivity index (χ0v) is 45.3. The Labute approximate surface area is 471 Å². The van der Waals surface area contributed by atoms with E-state index in [-0.39, 0.29) is 30.9 Å². The molecular formula is C50H69N15O18. The summed E-state index contributed by atoms with van der Waals surface area (Å²) in [4.78, 5) is 175. The number of fused-ring (bicyclic) bond motifs is 1. The quantitative estimate of drug-likeness (QED) is 0.0207. The molecule has 0 spiro atoms. The minimum absolute atomic E-state index is 0.177. The molecular weight excluding hydrogens is 1100 g/mol. The molecule has 0 aliphatic carbocycles. The van der Waals surface area contributed by atoms with Crippen molar-refractivity contribution in [2.45, 2.75) is 120 Å². The Bertz CT molecular complexity index is 2910. The van der Waals surface area contributed by atoms with Crippen molar-refractivity contribution in [1.29, 1.82) is 0 Å². The number of hydrogen-bond acceptors (Lipinski definition) is 18. The molecule has 4 aromatic rings. The second kappa shape index (κ2) is 31.6. The summed E-state index contributed by atoms with van der Waals surface area (Å²) in [5.74, 6) is -16.3. The van der Waals surface area contributed by atoms with Gasteiger partial charge in [-0.05, 0) is 23.5 Å². The number of rotatable bonds is 34. The summed E-state index contributed by atoms with van der Waals surface area (Å²) in [5.41, 5.74) is 7.82. The maximum absolute atomic E-state index is 14.0. The van der Waals surface area contributed by atoms with Crippen molar-refractivity contribution in [1.82, 2.24) is 72.8 Å². The number of aromatic amines is 3. The highest BCUT2D eigenvalue weighted by molar-refractivity contribution is 6.00. The number of nitrogens with one attached hydrogen (secondary N) is 12. The molecule has 0 saturated carbocycles. The fraction of sp³-hybridized carbons (Fsp3) is 0.480. The van der Waals surface area contributed by atoms with Gasteiger partial charge in [0.25, 0.3) is 0 Å². The third-order valence-corrected chi connectivity index (χ3v) is 12.7. The summed E-state index contributed by atoms with van der Waals surface area (Å²) < 4.78 is 0. The van der Waals surface area contributed by atoms with Crippen LogP contribution in [0.25, 0.3) is 10.9 Å². The largest absolute Gasteiger partial charge is 0.481 e. The lowest BCUT2D eigenvalue weighted by atomic mass is 10.0. The Morgan fingerprint density at radius 1 is 0.470 bits per heavy atom. The number of carbonyl (C=O) groups is 12. The van der Waals surface area contributed by atoms with Gasteiger partial charge in [-0.1, -0.05) is 45.9 Å². The summed E-state index contributed by atoms with van der Waals surface area (Å²) in [7, 11) is 0. The van der Waals surface area contributed by atoms with Gasteiger partial charge in [-0.3, -0.25) is 52.7 Å². The average molecular weight is 1170 g/mol. The van der Waals surface area contributed by atoms with Crippen LogP contribution >= 0.6 is 0 Å². The molecule has 33 heteroatoms. The van der Waals surface area contributed by atoms with E-state index < -0.39 is 170 Å². The number of nitrogens with two attached hydrogens (primary N) is 1. The predicted molar refractivity (Wildman–Crippen MR) is 285 cm³/mol. The van der Waals surface area contributed by atoms with Gasteiger partial charge in [0.15, 0.2) is 0 Å². The number of aliphatic hydroxyl groups is 3. The van der Waals surface area contributed by atoms with E-state index in [1.54, 1.807) is 44.3 Å². The van der Waals surface area contributed by atoms with Crippen LogP contribution in [0.4, 0.5) is 0 Å². The molecule has 20 N–H and O–H groups in total. The number of aromatic nitrogens is 5. The highest BCUT2D eigenvalue weighted by Crippen LogP contribution is 2.20. The number of nitrogens with zero attached hydrogens (tertiary/aromatic N) is 2. The van der Waals surface area contributed by atoms with E-state index in [2.05, 4.69) is 51.5 Å². The minimum atomic E-state index is -2.07. The summed E-state index contributed by atoms with van der Waals surface area (Å²) in [6, 6.07) is -10.3. The van der Waals surface area contributed by atoms with Gasteiger partial charge in [0.2, 0.25) is 53.2 Å². The van der Waals surface area contributed by atoms with Crippen LogP contribution in [0.1, 0.15) is 57.5 Å². The van der Waals surface area contributed by atoms with Crippen molar-refractivity contribution in [2.75, 3.05) is 19.8 Å². The van der Waals surface area contributed by atoms with Crippen LogP contribution in [-0.2, 0) is 76.8 Å². The Morgan fingerprint density at radius 2 is 0.831 bits per heavy atom. The molecule has 0 saturated heterocycles. The van der Waals surface area contributed by atoms with E-state index in [0.717, 1.165) is 0 Å². The first-order chi connectivity index (χ1) is 39.3. The zero-order chi connectivity index (χ0) is 61.7. The first-order valence-corrected chi connectivity index (χ1v) is 25.7. The number of carbonyl (C=O) groups excluding carboxylic acids is 9. The Morgan fingerprint density at radius 3 is 1.20 bits per heavy atom. The molecule has 83 heavy (non-hydrogen) atoms. The summed E-state index contributed by atoms with van der Waals surface area (Å²) in [6.45, 7) is 2.63. The fourth-order valence-corrected chi connectivity index (χ4v) is 7.98. The standard InChI is InChI=1S/C50H69N15O18/c1-22(2)39(51)49(81)61-29(9-24-14-54-28-8-6-5-7-27(24)28)41(73)59-33(13-38(71)72)44(76)62-35(18-67)47(79)64-36(19-68)48(80)63-34(17-66)46(78)60-32(12-37(69)70)43(75)57-30(10-25-15-52-20-55-25)42(74)58-31(11-26-16-53-21-56-26)45(77)65-40(23(3)4)50(82)83/h5-8,14-16,20-23,29-36,39-40,54,66-68H,9-13,17-19,51H2,1-4H3,(H,52,55)(H,53,56)(H,57,75)(H,58,74)(H,59,73)(H,60,78)(H,61,81)(H,62,76)(H,63,80)(H,64,79)(H,65,77)(H,69,70)(H,71,72)(H,82,83)/t29-,30-,31-,32-,33-,34-,35-,36-,39-,40-/m0/s1. The summed E-state index contributed by atoms with van der Waals surface area (Å²) in [6.07, 6.45) is 3.61. The van der Waals surface area contributed by atoms with E-state index in [1.165, 1.54) is 38.9 Å². The van der Waals surface area contributed by atoms with Crippen molar-refractivity contribution < 1.29 is 88.2 Å². The molecule has 10 atom stereocenters. The van der Waals surface area contributed by atoms with Crippen LogP contribution in [0.2, 0.25) is 0 Å². The highest BCUT2D eigenvalue weighted by atomic mass is 16.4. The van der Waals surface area contributed by atoms with Crippen LogP contribution in [-0.4, -0.2) is 207 Å². The SMILES string of the molecule is CC(C)[C@H](N)C(=O)N[C@@H](Cc1c[nH]c2ccccc12)C(=O)N[C@@H](CC(=O)O)C(=O)N[C@@H](CO)C(=O)N[C@@H](CO)C(=O)N[C@@H](CO)C(=O)N[C@@H](CC(=O)O)C(=O)N[C@@H](Cc1cnc[nH]1)C(=O)N[C@@H](Cc1cnc[nH]1)C(=O)N[C@H](C(=O)O)C(C)C. The Kier molecular flexibility index (Phi) is 25.2. The monoisotopic (exact) mass is 1170 g/mol.